The summed E-state index contributed by atoms with van der Waals surface area (Å²) in [6.45, 7) is 5.36. The molecule has 0 radical (unpaired) electrons. The van der Waals surface area contributed by atoms with Crippen molar-refractivity contribution in [3.63, 3.8) is 0 Å². The Bertz CT molecular complexity index is 659. The fraction of sp³-hybridized carbons (Fsp3) is 0.467. The maximum Gasteiger partial charge on any atom is 0.262 e. The topological polar surface area (TPSA) is 78.0 Å². The van der Waals surface area contributed by atoms with E-state index in [9.17, 15) is 4.79 Å². The monoisotopic (exact) mass is 301 g/mol. The van der Waals surface area contributed by atoms with E-state index in [-0.39, 0.29) is 11.9 Å². The van der Waals surface area contributed by atoms with Crippen LogP contribution in [0.4, 0.5) is 11.4 Å². The van der Waals surface area contributed by atoms with Crippen LogP contribution in [0.1, 0.15) is 13.8 Å². The van der Waals surface area contributed by atoms with Crippen molar-refractivity contribution in [1.82, 2.24) is 10.7 Å². The number of carbonyl (C=O) groups is 1. The highest BCUT2D eigenvalue weighted by molar-refractivity contribution is 6.09. The number of anilines is 2. The molecule has 0 bridgehead atoms. The Kier molecular flexibility index (Phi) is 2.97. The number of hydrogen-bond donors (Lipinski definition) is 3. The Labute approximate surface area is 128 Å². The van der Waals surface area contributed by atoms with Crippen LogP contribution in [-0.2, 0) is 4.79 Å². The van der Waals surface area contributed by atoms with E-state index >= 15 is 0 Å². The zero-order chi connectivity index (χ0) is 15.3. The van der Waals surface area contributed by atoms with Gasteiger partial charge in [-0.2, -0.15) is 5.10 Å². The molecule has 1 fully saturated rings. The Hall–Kier alpha value is -2.28. The van der Waals surface area contributed by atoms with E-state index in [2.05, 4.69) is 28.1 Å². The summed E-state index contributed by atoms with van der Waals surface area (Å²) in [5.74, 6) is 1.41. The van der Waals surface area contributed by atoms with Gasteiger partial charge in [0.2, 0.25) is 0 Å². The van der Waals surface area contributed by atoms with Crippen LogP contribution in [0.25, 0.3) is 0 Å². The van der Waals surface area contributed by atoms with E-state index < -0.39 is 0 Å². The van der Waals surface area contributed by atoms with E-state index in [0.717, 1.165) is 29.5 Å². The maximum atomic E-state index is 11.9. The van der Waals surface area contributed by atoms with Gasteiger partial charge in [-0.25, -0.2) is 5.43 Å². The molecule has 22 heavy (non-hydrogen) atoms. The molecule has 3 N–H and O–H groups in total. The third kappa shape index (κ3) is 2.00. The summed E-state index contributed by atoms with van der Waals surface area (Å²) < 4.78 is 5.73. The molecule has 3 atom stereocenters. The molecule has 0 aliphatic carbocycles. The molecule has 3 unspecified atom stereocenters. The number of ether oxygens (including phenoxy) is 1. The van der Waals surface area contributed by atoms with Gasteiger partial charge in [-0.1, -0.05) is 0 Å². The molecular formula is C15H19N5O2. The number of amides is 1. The van der Waals surface area contributed by atoms with Gasteiger partial charge >= 0.3 is 0 Å². The Morgan fingerprint density at radius 1 is 1.41 bits per heavy atom. The maximum absolute atomic E-state index is 11.9. The molecule has 4 rings (SSSR count). The van der Waals surface area contributed by atoms with Crippen LogP contribution in [-0.4, -0.2) is 43.0 Å². The quantitative estimate of drug-likeness (QED) is 0.741. The van der Waals surface area contributed by atoms with Gasteiger partial charge in [-0.3, -0.25) is 4.79 Å². The van der Waals surface area contributed by atoms with Crippen molar-refractivity contribution >= 4 is 23.1 Å². The van der Waals surface area contributed by atoms with Gasteiger partial charge in [0.25, 0.3) is 5.91 Å². The van der Waals surface area contributed by atoms with E-state index in [1.54, 1.807) is 0 Å². The number of hydrogen-bond acceptors (Lipinski definition) is 6. The Morgan fingerprint density at radius 2 is 2.27 bits per heavy atom. The molecular weight excluding hydrogens is 282 g/mol. The van der Waals surface area contributed by atoms with Crippen molar-refractivity contribution in [3.05, 3.63) is 18.2 Å². The summed E-state index contributed by atoms with van der Waals surface area (Å²) >= 11 is 0. The fourth-order valence-electron chi connectivity index (χ4n) is 2.98. The molecule has 1 saturated heterocycles. The van der Waals surface area contributed by atoms with E-state index in [1.807, 2.05) is 30.0 Å². The molecule has 116 valence electrons. The zero-order valence-corrected chi connectivity index (χ0v) is 12.6. The van der Waals surface area contributed by atoms with Crippen LogP contribution in [0.5, 0.6) is 5.75 Å². The molecule has 1 aromatic rings. The largest absolute Gasteiger partial charge is 0.483 e. The number of nitrogens with one attached hydrogen (secondary N) is 3. The molecule has 1 amide bonds. The molecule has 7 heteroatoms. The minimum absolute atomic E-state index is 0.105. The third-order valence-corrected chi connectivity index (χ3v) is 4.53. The van der Waals surface area contributed by atoms with Gasteiger partial charge in [-0.05, 0) is 32.0 Å². The molecule has 3 heterocycles. The highest BCUT2D eigenvalue weighted by Crippen LogP contribution is 2.37. The smallest absolute Gasteiger partial charge is 0.262 e. The summed E-state index contributed by atoms with van der Waals surface area (Å²) in [6, 6.07) is 6.59. The van der Waals surface area contributed by atoms with Crippen LogP contribution in [0.15, 0.2) is 23.3 Å². The van der Waals surface area contributed by atoms with Crippen molar-refractivity contribution in [3.8, 4) is 5.75 Å². The van der Waals surface area contributed by atoms with Crippen molar-refractivity contribution in [2.75, 3.05) is 23.4 Å². The average molecular weight is 301 g/mol. The van der Waals surface area contributed by atoms with Crippen LogP contribution in [0.3, 0.4) is 0 Å². The van der Waals surface area contributed by atoms with Crippen molar-refractivity contribution in [2.24, 2.45) is 5.10 Å². The molecule has 1 aromatic carbocycles. The van der Waals surface area contributed by atoms with E-state index in [4.69, 9.17) is 4.74 Å². The van der Waals surface area contributed by atoms with Crippen LogP contribution in [0.2, 0.25) is 0 Å². The van der Waals surface area contributed by atoms with Crippen molar-refractivity contribution in [2.45, 2.75) is 32.0 Å². The lowest BCUT2D eigenvalue weighted by molar-refractivity contribution is -0.122. The predicted molar refractivity (Wildman–Crippen MR) is 84.3 cm³/mol. The van der Waals surface area contributed by atoms with Gasteiger partial charge in [0.1, 0.15) is 18.4 Å². The van der Waals surface area contributed by atoms with Crippen molar-refractivity contribution in [1.29, 1.82) is 0 Å². The SMILES string of the molecule is CC1NCC1Nc1ccc2c(c1)N1C(=NNC(=O)C1C)CO2. The number of nitrogens with zero attached hydrogens (tertiary/aromatic N) is 2. The number of hydrazone groups is 1. The second-order valence-corrected chi connectivity index (χ2v) is 5.97. The fourth-order valence-corrected chi connectivity index (χ4v) is 2.98. The Balaban J connectivity index is 1.67. The van der Waals surface area contributed by atoms with Gasteiger partial charge < -0.3 is 20.3 Å². The van der Waals surface area contributed by atoms with Crippen LogP contribution >= 0.6 is 0 Å². The zero-order valence-electron chi connectivity index (χ0n) is 12.6. The summed E-state index contributed by atoms with van der Waals surface area (Å²) in [7, 11) is 0. The summed E-state index contributed by atoms with van der Waals surface area (Å²) in [4.78, 5) is 13.8. The molecule has 7 nitrogen and oxygen atoms in total. The lowest BCUT2D eigenvalue weighted by atomic mass is 10.0. The normalized spacial score (nSPS) is 29.4. The number of benzene rings is 1. The second-order valence-electron chi connectivity index (χ2n) is 5.97. The standard InChI is InChI=1S/C15H19N5O2/c1-8-11(6-16-8)17-10-3-4-13-12(5-10)20-9(2)15(21)19-18-14(20)7-22-13/h3-5,8-9,11,16-17H,6-7H2,1-2H3,(H,19,21). The first kappa shape index (κ1) is 13.4. The Morgan fingerprint density at radius 3 is 3.00 bits per heavy atom. The van der Waals surface area contributed by atoms with Gasteiger partial charge in [0.05, 0.1) is 11.7 Å². The minimum Gasteiger partial charge on any atom is -0.483 e. The number of carbonyl (C=O) groups excluding carboxylic acids is 1. The van der Waals surface area contributed by atoms with Gasteiger partial charge in [-0.15, -0.1) is 0 Å². The summed E-state index contributed by atoms with van der Waals surface area (Å²) in [6.07, 6.45) is 0. The average Bonchev–Trinajstić information content (AvgIpc) is 2.54. The predicted octanol–water partition coefficient (Wildman–Crippen LogP) is 0.489. The highest BCUT2D eigenvalue weighted by atomic mass is 16.5. The first-order valence-electron chi connectivity index (χ1n) is 7.56. The molecule has 3 aliphatic rings. The highest BCUT2D eigenvalue weighted by Gasteiger charge is 2.35. The number of rotatable bonds is 2. The lowest BCUT2D eigenvalue weighted by Crippen LogP contribution is -2.59. The molecule has 0 aromatic heterocycles. The summed E-state index contributed by atoms with van der Waals surface area (Å²) in [5.41, 5.74) is 4.45. The lowest BCUT2D eigenvalue weighted by Gasteiger charge is -2.39. The summed E-state index contributed by atoms with van der Waals surface area (Å²) in [5, 5.41) is 10.9. The van der Waals surface area contributed by atoms with Crippen LogP contribution < -0.4 is 25.7 Å². The first-order valence-corrected chi connectivity index (χ1v) is 7.56. The molecule has 0 spiro atoms. The molecule has 0 saturated carbocycles. The van der Waals surface area contributed by atoms with E-state index in [1.165, 1.54) is 0 Å². The number of amidine groups is 1. The van der Waals surface area contributed by atoms with Crippen molar-refractivity contribution < 1.29 is 9.53 Å². The van der Waals surface area contributed by atoms with E-state index in [0.29, 0.717) is 18.7 Å². The van der Waals surface area contributed by atoms with Gasteiger partial charge in [0.15, 0.2) is 5.84 Å². The number of fused-ring (bicyclic) bond motifs is 3. The third-order valence-electron chi connectivity index (χ3n) is 4.53. The van der Waals surface area contributed by atoms with Crippen LogP contribution in [0, 0.1) is 0 Å². The van der Waals surface area contributed by atoms with Gasteiger partial charge in [0, 0.05) is 18.3 Å². The minimum atomic E-state index is -0.297. The first-order chi connectivity index (χ1) is 10.6. The molecule has 3 aliphatic heterocycles. The second kappa shape index (κ2) is 4.88.